The summed E-state index contributed by atoms with van der Waals surface area (Å²) >= 11 is 3.27. The molecule has 3 nitrogen and oxygen atoms in total. The lowest BCUT2D eigenvalue weighted by Gasteiger charge is -2.18. The molecule has 0 bridgehead atoms. The van der Waals surface area contributed by atoms with Crippen molar-refractivity contribution in [3.05, 3.63) is 52.3 Å². The summed E-state index contributed by atoms with van der Waals surface area (Å²) in [7, 11) is 1.91. The van der Waals surface area contributed by atoms with E-state index in [0.29, 0.717) is 5.56 Å². The fourth-order valence-corrected chi connectivity index (χ4v) is 2.27. The predicted octanol–water partition coefficient (Wildman–Crippen LogP) is 3.02. The van der Waals surface area contributed by atoms with Gasteiger partial charge in [-0.25, -0.2) is 9.37 Å². The first-order chi connectivity index (χ1) is 8.63. The number of halogens is 2. The molecule has 0 radical (unpaired) electrons. The van der Waals surface area contributed by atoms with Gasteiger partial charge in [0.2, 0.25) is 0 Å². The van der Waals surface area contributed by atoms with Crippen LogP contribution in [0.3, 0.4) is 0 Å². The maximum absolute atomic E-state index is 14.0. The van der Waals surface area contributed by atoms with Crippen molar-refractivity contribution in [2.75, 3.05) is 6.54 Å². The van der Waals surface area contributed by atoms with Crippen LogP contribution in [0.5, 0.6) is 0 Å². The van der Waals surface area contributed by atoms with Gasteiger partial charge in [0.1, 0.15) is 11.6 Å². The van der Waals surface area contributed by atoms with Crippen molar-refractivity contribution in [1.29, 1.82) is 0 Å². The molecule has 96 valence electrons. The normalized spacial score (nSPS) is 12.7. The lowest BCUT2D eigenvalue weighted by atomic mass is 10.1. The summed E-state index contributed by atoms with van der Waals surface area (Å²) in [6, 6.07) is 4.86. The highest BCUT2D eigenvalue weighted by molar-refractivity contribution is 9.10. The van der Waals surface area contributed by atoms with Gasteiger partial charge in [-0.3, -0.25) is 0 Å². The zero-order valence-electron chi connectivity index (χ0n) is 10.3. The molecule has 2 aromatic rings. The second-order valence-electron chi connectivity index (χ2n) is 4.05. The Kier molecular flexibility index (Phi) is 4.14. The molecule has 0 spiro atoms. The largest absolute Gasteiger partial charge is 0.336 e. The summed E-state index contributed by atoms with van der Waals surface area (Å²) in [4.78, 5) is 4.30. The molecule has 18 heavy (non-hydrogen) atoms. The van der Waals surface area contributed by atoms with Crippen molar-refractivity contribution >= 4 is 15.9 Å². The summed E-state index contributed by atoms with van der Waals surface area (Å²) in [6.45, 7) is 2.74. The number of aromatic nitrogens is 2. The van der Waals surface area contributed by atoms with Gasteiger partial charge in [0, 0.05) is 29.5 Å². The zero-order chi connectivity index (χ0) is 13.1. The van der Waals surface area contributed by atoms with Crippen molar-refractivity contribution in [1.82, 2.24) is 14.9 Å². The minimum absolute atomic E-state index is 0.233. The predicted molar refractivity (Wildman–Crippen MR) is 72.8 cm³/mol. The number of benzene rings is 1. The minimum Gasteiger partial charge on any atom is -0.336 e. The molecule has 1 aromatic heterocycles. The molecule has 1 unspecified atom stereocenters. The SMILES string of the molecule is CCNC(c1ccc(Br)cc1F)c1nccn1C. The van der Waals surface area contributed by atoms with Crippen LogP contribution in [0.25, 0.3) is 0 Å². The first kappa shape index (κ1) is 13.2. The van der Waals surface area contributed by atoms with Crippen LogP contribution in [0.2, 0.25) is 0 Å². The molecule has 0 aliphatic heterocycles. The third-order valence-corrected chi connectivity index (χ3v) is 3.29. The van der Waals surface area contributed by atoms with Gasteiger partial charge in [-0.2, -0.15) is 0 Å². The van der Waals surface area contributed by atoms with E-state index in [2.05, 4.69) is 26.2 Å². The highest BCUT2D eigenvalue weighted by Gasteiger charge is 2.20. The Morgan fingerprint density at radius 1 is 1.50 bits per heavy atom. The number of rotatable bonds is 4. The summed E-state index contributed by atoms with van der Waals surface area (Å²) in [5.74, 6) is 0.566. The Balaban J connectivity index is 2.45. The third-order valence-electron chi connectivity index (χ3n) is 2.80. The van der Waals surface area contributed by atoms with Gasteiger partial charge in [0.15, 0.2) is 0 Å². The summed E-state index contributed by atoms with van der Waals surface area (Å²) in [5.41, 5.74) is 0.606. The molecule has 2 rings (SSSR count). The maximum atomic E-state index is 14.0. The molecule has 0 saturated carbocycles. The number of nitrogens with one attached hydrogen (secondary N) is 1. The Hall–Kier alpha value is -1.20. The van der Waals surface area contributed by atoms with E-state index >= 15 is 0 Å². The molecule has 1 N–H and O–H groups in total. The Morgan fingerprint density at radius 3 is 2.83 bits per heavy atom. The van der Waals surface area contributed by atoms with Crippen LogP contribution in [0.4, 0.5) is 4.39 Å². The number of hydrogen-bond acceptors (Lipinski definition) is 2. The van der Waals surface area contributed by atoms with Gasteiger partial charge in [0.25, 0.3) is 0 Å². The third kappa shape index (κ3) is 2.62. The summed E-state index contributed by atoms with van der Waals surface area (Å²) in [5, 5.41) is 3.26. The lowest BCUT2D eigenvalue weighted by Crippen LogP contribution is -2.25. The van der Waals surface area contributed by atoms with Crippen LogP contribution in [0.15, 0.2) is 35.1 Å². The molecule has 1 atom stereocenters. The van der Waals surface area contributed by atoms with Crippen LogP contribution in [-0.2, 0) is 7.05 Å². The number of aryl methyl sites for hydroxylation is 1. The summed E-state index contributed by atoms with van der Waals surface area (Å²) in [6.07, 6.45) is 3.58. The number of nitrogens with zero attached hydrogens (tertiary/aromatic N) is 2. The van der Waals surface area contributed by atoms with Gasteiger partial charge in [-0.15, -0.1) is 0 Å². The van der Waals surface area contributed by atoms with Crippen LogP contribution < -0.4 is 5.32 Å². The fourth-order valence-electron chi connectivity index (χ4n) is 1.94. The maximum Gasteiger partial charge on any atom is 0.130 e. The highest BCUT2D eigenvalue weighted by Crippen LogP contribution is 2.25. The second-order valence-corrected chi connectivity index (χ2v) is 4.97. The number of hydrogen-bond donors (Lipinski definition) is 1. The van der Waals surface area contributed by atoms with Gasteiger partial charge in [0.05, 0.1) is 6.04 Å². The molecule has 1 aromatic carbocycles. The number of imidazole rings is 1. The Labute approximate surface area is 114 Å². The molecule has 0 aliphatic carbocycles. The van der Waals surface area contributed by atoms with E-state index in [1.807, 2.05) is 30.8 Å². The standard InChI is InChI=1S/C13H15BrFN3/c1-3-16-12(13-17-6-7-18(13)2)10-5-4-9(14)8-11(10)15/h4-8,12,16H,3H2,1-2H3. The smallest absolute Gasteiger partial charge is 0.130 e. The molecule has 0 saturated heterocycles. The van der Waals surface area contributed by atoms with E-state index in [1.54, 1.807) is 12.3 Å². The van der Waals surface area contributed by atoms with Crippen LogP contribution >= 0.6 is 15.9 Å². The molecular weight excluding hydrogens is 297 g/mol. The van der Waals surface area contributed by atoms with E-state index in [0.717, 1.165) is 16.8 Å². The molecule has 5 heteroatoms. The fraction of sp³-hybridized carbons (Fsp3) is 0.308. The van der Waals surface area contributed by atoms with Gasteiger partial charge < -0.3 is 9.88 Å². The average Bonchev–Trinajstić information content (AvgIpc) is 2.73. The first-order valence-electron chi connectivity index (χ1n) is 5.79. The monoisotopic (exact) mass is 311 g/mol. The topological polar surface area (TPSA) is 29.9 Å². The van der Waals surface area contributed by atoms with Gasteiger partial charge in [-0.1, -0.05) is 28.9 Å². The average molecular weight is 312 g/mol. The van der Waals surface area contributed by atoms with Crippen molar-refractivity contribution in [3.63, 3.8) is 0 Å². The Bertz CT molecular complexity index is 539. The molecule has 1 heterocycles. The van der Waals surface area contributed by atoms with Crippen molar-refractivity contribution in [2.45, 2.75) is 13.0 Å². The zero-order valence-corrected chi connectivity index (χ0v) is 11.9. The molecule has 0 amide bonds. The van der Waals surface area contributed by atoms with Crippen LogP contribution in [0, 0.1) is 5.82 Å². The van der Waals surface area contributed by atoms with Crippen LogP contribution in [-0.4, -0.2) is 16.1 Å². The molecule has 0 fully saturated rings. The van der Waals surface area contributed by atoms with Gasteiger partial charge in [-0.05, 0) is 18.7 Å². The first-order valence-corrected chi connectivity index (χ1v) is 6.58. The second kappa shape index (κ2) is 5.63. The lowest BCUT2D eigenvalue weighted by molar-refractivity contribution is 0.532. The van der Waals surface area contributed by atoms with Crippen LogP contribution in [0.1, 0.15) is 24.4 Å². The van der Waals surface area contributed by atoms with Crippen molar-refractivity contribution in [2.24, 2.45) is 7.05 Å². The van der Waals surface area contributed by atoms with E-state index < -0.39 is 0 Å². The van der Waals surface area contributed by atoms with Crippen molar-refractivity contribution < 1.29 is 4.39 Å². The van der Waals surface area contributed by atoms with E-state index in [-0.39, 0.29) is 11.9 Å². The van der Waals surface area contributed by atoms with E-state index in [1.165, 1.54) is 6.07 Å². The quantitative estimate of drug-likeness (QED) is 0.940. The highest BCUT2D eigenvalue weighted by atomic mass is 79.9. The Morgan fingerprint density at radius 2 is 2.28 bits per heavy atom. The summed E-state index contributed by atoms with van der Waals surface area (Å²) < 4.78 is 16.7. The minimum atomic E-state index is -0.238. The van der Waals surface area contributed by atoms with E-state index in [4.69, 9.17) is 0 Å². The molecular formula is C13H15BrFN3. The molecule has 0 aliphatic rings. The van der Waals surface area contributed by atoms with Crippen molar-refractivity contribution in [3.8, 4) is 0 Å². The van der Waals surface area contributed by atoms with E-state index in [9.17, 15) is 4.39 Å². The van der Waals surface area contributed by atoms with Gasteiger partial charge >= 0.3 is 0 Å².